The molecule has 0 bridgehead atoms. The van der Waals surface area contributed by atoms with Crippen LogP contribution in [0.3, 0.4) is 0 Å². The molecular formula is C23H24N2O3S. The zero-order chi connectivity index (χ0) is 20.8. The van der Waals surface area contributed by atoms with Crippen LogP contribution >= 0.6 is 11.3 Å². The minimum atomic E-state index is -0.439. The Kier molecular flexibility index (Phi) is 6.67. The van der Waals surface area contributed by atoms with Crippen LogP contribution in [0, 0.1) is 13.8 Å². The van der Waals surface area contributed by atoms with E-state index in [4.69, 9.17) is 4.74 Å². The van der Waals surface area contributed by atoms with Crippen LogP contribution in [0.1, 0.15) is 28.4 Å². The molecule has 0 aliphatic rings. The number of amides is 1. The topological polar surface area (TPSA) is 67.4 Å². The molecule has 0 aliphatic carbocycles. The Morgan fingerprint density at radius 3 is 2.52 bits per heavy atom. The maximum absolute atomic E-state index is 12.6. The van der Waals surface area contributed by atoms with E-state index in [1.165, 1.54) is 11.3 Å². The largest absolute Gasteiger partial charge is 0.462 e. The Bertz CT molecular complexity index is 1010. The summed E-state index contributed by atoms with van der Waals surface area (Å²) in [4.78, 5) is 25.1. The van der Waals surface area contributed by atoms with E-state index in [2.05, 4.69) is 10.6 Å². The molecule has 3 rings (SSSR count). The van der Waals surface area contributed by atoms with Crippen LogP contribution in [0.2, 0.25) is 0 Å². The van der Waals surface area contributed by atoms with Gasteiger partial charge < -0.3 is 15.4 Å². The van der Waals surface area contributed by atoms with E-state index < -0.39 is 5.97 Å². The quantitative estimate of drug-likeness (QED) is 0.523. The Hall–Kier alpha value is -3.12. The number of anilines is 2. The minimum Gasteiger partial charge on any atom is -0.462 e. The van der Waals surface area contributed by atoms with Crippen molar-refractivity contribution in [2.45, 2.75) is 20.8 Å². The number of carbonyl (C=O) groups excluding carboxylic acids is 2. The van der Waals surface area contributed by atoms with E-state index in [-0.39, 0.29) is 19.1 Å². The van der Waals surface area contributed by atoms with E-state index in [1.54, 1.807) is 6.92 Å². The van der Waals surface area contributed by atoms with Gasteiger partial charge in [0.1, 0.15) is 10.6 Å². The third kappa shape index (κ3) is 4.84. The van der Waals surface area contributed by atoms with E-state index in [1.807, 2.05) is 67.8 Å². The highest BCUT2D eigenvalue weighted by atomic mass is 32.1. The maximum atomic E-state index is 12.6. The highest BCUT2D eigenvalue weighted by molar-refractivity contribution is 7.15. The maximum Gasteiger partial charge on any atom is 0.341 e. The predicted molar refractivity (Wildman–Crippen MR) is 119 cm³/mol. The summed E-state index contributed by atoms with van der Waals surface area (Å²) in [7, 11) is 0. The van der Waals surface area contributed by atoms with Gasteiger partial charge in [0.05, 0.1) is 13.2 Å². The zero-order valence-corrected chi connectivity index (χ0v) is 17.6. The molecule has 0 fully saturated rings. The van der Waals surface area contributed by atoms with Crippen LogP contribution in [-0.2, 0) is 9.53 Å². The van der Waals surface area contributed by atoms with Gasteiger partial charge in [0.2, 0.25) is 5.91 Å². The number of aryl methyl sites for hydroxylation is 1. The van der Waals surface area contributed by atoms with Gasteiger partial charge >= 0.3 is 5.97 Å². The lowest BCUT2D eigenvalue weighted by atomic mass is 10.0. The third-order valence-corrected chi connectivity index (χ3v) is 5.55. The summed E-state index contributed by atoms with van der Waals surface area (Å²) >= 11 is 1.32. The van der Waals surface area contributed by atoms with Crippen molar-refractivity contribution in [1.29, 1.82) is 0 Å². The number of hydrogen-bond acceptors (Lipinski definition) is 5. The van der Waals surface area contributed by atoms with Crippen molar-refractivity contribution in [2.75, 3.05) is 23.8 Å². The molecule has 150 valence electrons. The fourth-order valence-electron chi connectivity index (χ4n) is 2.97. The molecule has 0 aliphatic heterocycles. The van der Waals surface area contributed by atoms with Crippen molar-refractivity contribution >= 4 is 33.9 Å². The van der Waals surface area contributed by atoms with Crippen LogP contribution in [0.5, 0.6) is 0 Å². The Labute approximate surface area is 174 Å². The second-order valence-corrected chi connectivity index (χ2v) is 7.47. The minimum absolute atomic E-state index is 0.102. The van der Waals surface area contributed by atoms with Gasteiger partial charge in [0.25, 0.3) is 0 Å². The fourth-order valence-corrected chi connectivity index (χ4v) is 3.95. The number of hydrogen-bond donors (Lipinski definition) is 2. The molecule has 0 saturated carbocycles. The summed E-state index contributed by atoms with van der Waals surface area (Å²) in [6.07, 6.45) is 0. The summed E-state index contributed by atoms with van der Waals surface area (Å²) in [6.45, 7) is 6.18. The zero-order valence-electron chi connectivity index (χ0n) is 16.7. The van der Waals surface area contributed by atoms with E-state index >= 15 is 0 Å². The number of benzene rings is 2. The molecule has 29 heavy (non-hydrogen) atoms. The Balaban J connectivity index is 1.79. The molecule has 0 saturated heterocycles. The first kappa shape index (κ1) is 20.6. The number of rotatable bonds is 7. The van der Waals surface area contributed by atoms with E-state index in [0.717, 1.165) is 27.9 Å². The normalized spacial score (nSPS) is 10.4. The second-order valence-electron chi connectivity index (χ2n) is 6.59. The Morgan fingerprint density at radius 1 is 1.03 bits per heavy atom. The molecule has 6 heteroatoms. The van der Waals surface area contributed by atoms with Crippen molar-refractivity contribution in [3.8, 4) is 11.1 Å². The smallest absolute Gasteiger partial charge is 0.341 e. The molecule has 1 heterocycles. The van der Waals surface area contributed by atoms with Gasteiger partial charge in [-0.25, -0.2) is 4.79 Å². The number of nitrogens with one attached hydrogen (secondary N) is 2. The van der Waals surface area contributed by atoms with E-state index in [9.17, 15) is 9.59 Å². The summed E-state index contributed by atoms with van der Waals surface area (Å²) in [5.41, 5.74) is 5.23. The first-order valence-electron chi connectivity index (χ1n) is 9.45. The SMILES string of the molecule is CCOC(=O)c1c(-c2ccccc2)csc1NC(=O)CNc1cccc(C)c1C. The molecule has 2 N–H and O–H groups in total. The highest BCUT2D eigenvalue weighted by Crippen LogP contribution is 2.36. The van der Waals surface area contributed by atoms with Crippen molar-refractivity contribution < 1.29 is 14.3 Å². The van der Waals surface area contributed by atoms with Gasteiger partial charge in [-0.15, -0.1) is 11.3 Å². The van der Waals surface area contributed by atoms with Crippen molar-refractivity contribution in [1.82, 2.24) is 0 Å². The van der Waals surface area contributed by atoms with Gasteiger partial charge in [-0.05, 0) is 43.5 Å². The van der Waals surface area contributed by atoms with E-state index in [0.29, 0.717) is 10.6 Å². The summed E-state index contributed by atoms with van der Waals surface area (Å²) in [5, 5.41) is 8.39. The van der Waals surface area contributed by atoms with Gasteiger partial charge in [-0.1, -0.05) is 42.5 Å². The average molecular weight is 409 g/mol. The van der Waals surface area contributed by atoms with Gasteiger partial charge in [-0.3, -0.25) is 4.79 Å². The molecule has 0 spiro atoms. The molecule has 1 amide bonds. The second kappa shape index (κ2) is 9.39. The first-order chi connectivity index (χ1) is 14.0. The molecule has 0 unspecified atom stereocenters. The van der Waals surface area contributed by atoms with Gasteiger partial charge in [0, 0.05) is 16.6 Å². The van der Waals surface area contributed by atoms with Crippen LogP contribution in [0.25, 0.3) is 11.1 Å². The standard InChI is InChI=1S/C23H24N2O3S/c1-4-28-23(27)21-18(17-10-6-5-7-11-17)14-29-22(21)25-20(26)13-24-19-12-8-9-15(2)16(19)3/h5-12,14,24H,4,13H2,1-3H3,(H,25,26). The summed E-state index contributed by atoms with van der Waals surface area (Å²) in [6, 6.07) is 15.5. The van der Waals surface area contributed by atoms with Gasteiger partial charge in [0.15, 0.2) is 0 Å². The third-order valence-electron chi connectivity index (χ3n) is 4.65. The molecule has 1 aromatic heterocycles. The highest BCUT2D eigenvalue weighted by Gasteiger charge is 2.22. The molecule has 5 nitrogen and oxygen atoms in total. The summed E-state index contributed by atoms with van der Waals surface area (Å²) in [5.74, 6) is -0.664. The average Bonchev–Trinajstić information content (AvgIpc) is 3.13. The number of thiophene rings is 1. The molecule has 0 radical (unpaired) electrons. The molecule has 2 aromatic carbocycles. The monoisotopic (exact) mass is 408 g/mol. The lowest BCUT2D eigenvalue weighted by Crippen LogP contribution is -2.23. The molecular weight excluding hydrogens is 384 g/mol. The molecule has 3 aromatic rings. The Morgan fingerprint density at radius 2 is 1.79 bits per heavy atom. The lowest BCUT2D eigenvalue weighted by Gasteiger charge is -2.12. The van der Waals surface area contributed by atoms with Crippen molar-refractivity contribution in [3.05, 3.63) is 70.6 Å². The molecule has 0 atom stereocenters. The van der Waals surface area contributed by atoms with Crippen LogP contribution in [-0.4, -0.2) is 25.0 Å². The van der Waals surface area contributed by atoms with Crippen LogP contribution < -0.4 is 10.6 Å². The van der Waals surface area contributed by atoms with Crippen LogP contribution in [0.4, 0.5) is 10.7 Å². The van der Waals surface area contributed by atoms with Crippen LogP contribution in [0.15, 0.2) is 53.9 Å². The number of esters is 1. The summed E-state index contributed by atoms with van der Waals surface area (Å²) < 4.78 is 5.23. The van der Waals surface area contributed by atoms with Crippen molar-refractivity contribution in [3.63, 3.8) is 0 Å². The number of carbonyl (C=O) groups is 2. The fraction of sp³-hybridized carbons (Fsp3) is 0.217. The first-order valence-corrected chi connectivity index (χ1v) is 10.3. The number of ether oxygens (including phenoxy) is 1. The van der Waals surface area contributed by atoms with Gasteiger partial charge in [-0.2, -0.15) is 0 Å². The lowest BCUT2D eigenvalue weighted by molar-refractivity contribution is -0.114. The van der Waals surface area contributed by atoms with Crippen molar-refractivity contribution in [2.24, 2.45) is 0 Å². The predicted octanol–water partition coefficient (Wildman–Crippen LogP) is 5.26.